The zero-order valence-electron chi connectivity index (χ0n) is 26.3. The van der Waals surface area contributed by atoms with Crippen molar-refractivity contribution in [1.29, 1.82) is 0 Å². The van der Waals surface area contributed by atoms with E-state index in [9.17, 15) is 4.79 Å². The molecule has 1 N–H and O–H groups in total. The van der Waals surface area contributed by atoms with Crippen molar-refractivity contribution in [2.45, 2.75) is 32.0 Å². The van der Waals surface area contributed by atoms with Crippen LogP contribution < -0.4 is 29.0 Å². The van der Waals surface area contributed by atoms with Crippen LogP contribution in [0.15, 0.2) is 40.8 Å². The number of carbonyl (C=O) groups is 1. The largest absolute Gasteiger partial charge is 0.493 e. The Balaban J connectivity index is 1.20. The fourth-order valence-electron chi connectivity index (χ4n) is 7.40. The lowest BCUT2D eigenvalue weighted by Gasteiger charge is -2.39. The third-order valence-electron chi connectivity index (χ3n) is 9.74. The maximum absolute atomic E-state index is 13.5. The second-order valence-electron chi connectivity index (χ2n) is 12.0. The van der Waals surface area contributed by atoms with E-state index in [4.69, 9.17) is 32.8 Å². The van der Waals surface area contributed by atoms with Gasteiger partial charge in [0.15, 0.2) is 23.0 Å². The number of hydrogen-bond acceptors (Lipinski definition) is 11. The van der Waals surface area contributed by atoms with E-state index in [1.54, 1.807) is 21.3 Å². The SMILES string of the molecule is CCN1CCN(Cc2ccc(CN[C@@H]3c4cc5c(cc4[C@@H](c4cc(OC)c(OC)c(OC)c4)[C@H]4C(=O)OC[C@@H]43)OCO5)o2)CC1. The summed E-state index contributed by atoms with van der Waals surface area (Å²) in [5.41, 5.74) is 2.88. The van der Waals surface area contributed by atoms with E-state index in [-0.39, 0.29) is 30.6 Å². The summed E-state index contributed by atoms with van der Waals surface area (Å²) in [6, 6.07) is 11.8. The van der Waals surface area contributed by atoms with Gasteiger partial charge in [0.05, 0.1) is 46.9 Å². The van der Waals surface area contributed by atoms with Gasteiger partial charge in [0.25, 0.3) is 0 Å². The van der Waals surface area contributed by atoms with E-state index >= 15 is 0 Å². The van der Waals surface area contributed by atoms with Crippen molar-refractivity contribution in [2.75, 3.05) is 67.5 Å². The highest BCUT2D eigenvalue weighted by Gasteiger charge is 2.52. The first-order valence-electron chi connectivity index (χ1n) is 15.7. The Morgan fingerprint density at radius 2 is 1.51 bits per heavy atom. The Bertz CT molecular complexity index is 1520. The summed E-state index contributed by atoms with van der Waals surface area (Å²) in [7, 11) is 4.76. The summed E-state index contributed by atoms with van der Waals surface area (Å²) in [4.78, 5) is 18.4. The van der Waals surface area contributed by atoms with Gasteiger partial charge in [-0.2, -0.15) is 0 Å². The van der Waals surface area contributed by atoms with E-state index in [0.29, 0.717) is 41.9 Å². The summed E-state index contributed by atoms with van der Waals surface area (Å²) in [6.07, 6.45) is 0. The summed E-state index contributed by atoms with van der Waals surface area (Å²) in [5, 5.41) is 3.73. The molecule has 0 amide bonds. The van der Waals surface area contributed by atoms with Crippen LogP contribution in [0, 0.1) is 11.8 Å². The molecule has 4 atom stereocenters. The van der Waals surface area contributed by atoms with Gasteiger partial charge in [-0.15, -0.1) is 0 Å². The Morgan fingerprint density at radius 1 is 0.844 bits per heavy atom. The molecule has 1 aliphatic carbocycles. The summed E-state index contributed by atoms with van der Waals surface area (Å²) < 4.78 is 40.6. The molecule has 7 rings (SSSR count). The second-order valence-corrected chi connectivity index (χ2v) is 12.0. The molecule has 0 unspecified atom stereocenters. The molecule has 11 nitrogen and oxygen atoms in total. The maximum Gasteiger partial charge on any atom is 0.310 e. The van der Waals surface area contributed by atoms with Crippen molar-refractivity contribution in [3.05, 3.63) is 64.6 Å². The minimum absolute atomic E-state index is 0.126. The van der Waals surface area contributed by atoms with E-state index in [1.165, 1.54) is 0 Å². The molecule has 2 saturated heterocycles. The van der Waals surface area contributed by atoms with E-state index in [0.717, 1.165) is 67.5 Å². The first-order chi connectivity index (χ1) is 22.0. The highest BCUT2D eigenvalue weighted by atomic mass is 16.7. The van der Waals surface area contributed by atoms with Crippen LogP contribution in [0.5, 0.6) is 28.7 Å². The maximum atomic E-state index is 13.5. The van der Waals surface area contributed by atoms with Crippen LogP contribution in [0.1, 0.15) is 47.1 Å². The predicted octanol–water partition coefficient (Wildman–Crippen LogP) is 3.94. The van der Waals surface area contributed by atoms with E-state index < -0.39 is 5.92 Å². The fraction of sp³-hybridized carbons (Fsp3) is 0.500. The van der Waals surface area contributed by atoms with E-state index in [2.05, 4.69) is 28.1 Å². The molecule has 4 aliphatic rings. The minimum Gasteiger partial charge on any atom is -0.493 e. The van der Waals surface area contributed by atoms with Crippen molar-refractivity contribution in [1.82, 2.24) is 15.1 Å². The topological polar surface area (TPSA) is 104 Å². The standard InChI is InChI=1S/C34H41N3O8/c1-5-36-8-10-37(11-9-36)17-22-7-6-21(45-22)16-35-32-24-15-27-26(43-19-44-27)14-23(24)30(31-25(32)18-42-34(31)38)20-12-28(39-2)33(41-4)29(13-20)40-3/h6-7,12-15,25,30-32,35H,5,8-11,16-19H2,1-4H3/t25-,30+,31-,32+/m0/s1. The highest BCUT2D eigenvalue weighted by molar-refractivity contribution is 5.79. The Kier molecular flexibility index (Phi) is 8.24. The van der Waals surface area contributed by atoms with Crippen LogP contribution in [0.3, 0.4) is 0 Å². The third kappa shape index (κ3) is 5.47. The van der Waals surface area contributed by atoms with Gasteiger partial charge in [-0.05, 0) is 59.6 Å². The van der Waals surface area contributed by atoms with E-state index in [1.807, 2.05) is 30.3 Å². The molecule has 3 aromatic rings. The molecular formula is C34H41N3O8. The number of piperazine rings is 1. The van der Waals surface area contributed by atoms with Gasteiger partial charge in [0.1, 0.15) is 11.5 Å². The van der Waals surface area contributed by atoms with Crippen molar-refractivity contribution in [3.8, 4) is 28.7 Å². The molecule has 1 aromatic heterocycles. The van der Waals surface area contributed by atoms with Crippen LogP contribution in [-0.4, -0.2) is 83.2 Å². The Hall–Kier alpha value is -3.93. The number of methoxy groups -OCH3 is 3. The van der Waals surface area contributed by atoms with Crippen molar-refractivity contribution >= 4 is 5.97 Å². The molecule has 0 radical (unpaired) electrons. The second kappa shape index (κ2) is 12.5. The summed E-state index contributed by atoms with van der Waals surface area (Å²) in [6.45, 7) is 9.35. The van der Waals surface area contributed by atoms with Crippen molar-refractivity contribution in [3.63, 3.8) is 0 Å². The van der Waals surface area contributed by atoms with Crippen LogP contribution in [0.4, 0.5) is 0 Å². The number of rotatable bonds is 10. The molecular weight excluding hydrogens is 578 g/mol. The van der Waals surface area contributed by atoms with Gasteiger partial charge in [0, 0.05) is 44.1 Å². The number of furan rings is 1. The molecule has 45 heavy (non-hydrogen) atoms. The molecule has 11 heteroatoms. The van der Waals surface area contributed by atoms with Gasteiger partial charge >= 0.3 is 5.97 Å². The number of ether oxygens (including phenoxy) is 6. The molecule has 2 aromatic carbocycles. The number of fused-ring (bicyclic) bond motifs is 3. The number of likely N-dealkylation sites (N-methyl/N-ethyl adjacent to an activating group) is 1. The first-order valence-corrected chi connectivity index (χ1v) is 15.7. The van der Waals surface area contributed by atoms with Gasteiger partial charge in [-0.1, -0.05) is 6.92 Å². The number of cyclic esters (lactones) is 1. The molecule has 3 aliphatic heterocycles. The molecule has 0 bridgehead atoms. The van der Waals surface area contributed by atoms with Gasteiger partial charge in [-0.25, -0.2) is 0 Å². The Labute approximate surface area is 263 Å². The van der Waals surface area contributed by atoms with Crippen molar-refractivity contribution < 1.29 is 37.6 Å². The lowest BCUT2D eigenvalue weighted by atomic mass is 9.65. The third-order valence-corrected chi connectivity index (χ3v) is 9.74. The van der Waals surface area contributed by atoms with Gasteiger partial charge < -0.3 is 43.1 Å². The fourth-order valence-corrected chi connectivity index (χ4v) is 7.40. The number of nitrogens with one attached hydrogen (secondary N) is 1. The zero-order valence-corrected chi connectivity index (χ0v) is 26.3. The van der Waals surface area contributed by atoms with Gasteiger partial charge in [0.2, 0.25) is 12.5 Å². The van der Waals surface area contributed by atoms with Crippen LogP contribution in [-0.2, 0) is 22.6 Å². The molecule has 0 spiro atoms. The predicted molar refractivity (Wildman–Crippen MR) is 164 cm³/mol. The lowest BCUT2D eigenvalue weighted by molar-refractivity contribution is -0.141. The van der Waals surface area contributed by atoms with Crippen molar-refractivity contribution in [2.24, 2.45) is 11.8 Å². The Morgan fingerprint density at radius 3 is 2.18 bits per heavy atom. The van der Waals surface area contributed by atoms with Gasteiger partial charge in [-0.3, -0.25) is 9.69 Å². The number of benzene rings is 2. The molecule has 240 valence electrons. The number of hydrogen-bond donors (Lipinski definition) is 1. The quantitative estimate of drug-likeness (QED) is 0.334. The normalized spacial score (nSPS) is 24.2. The van der Waals surface area contributed by atoms with Crippen LogP contribution in [0.2, 0.25) is 0 Å². The number of nitrogens with zero attached hydrogens (tertiary/aromatic N) is 2. The summed E-state index contributed by atoms with van der Waals surface area (Å²) in [5.74, 6) is 3.60. The first kappa shape index (κ1) is 29.8. The average molecular weight is 620 g/mol. The molecule has 4 heterocycles. The van der Waals surface area contributed by atoms with Crippen LogP contribution in [0.25, 0.3) is 0 Å². The summed E-state index contributed by atoms with van der Waals surface area (Å²) >= 11 is 0. The monoisotopic (exact) mass is 619 g/mol. The molecule has 0 saturated carbocycles. The average Bonchev–Trinajstić information content (AvgIpc) is 3.82. The number of esters is 1. The zero-order chi connectivity index (χ0) is 31.1. The number of carbonyl (C=O) groups excluding carboxylic acids is 1. The lowest BCUT2D eigenvalue weighted by Crippen LogP contribution is -2.45. The van der Waals surface area contributed by atoms with Crippen LogP contribution >= 0.6 is 0 Å². The highest BCUT2D eigenvalue weighted by Crippen LogP contribution is 2.55. The molecule has 2 fully saturated rings. The minimum atomic E-state index is -0.438. The smallest absolute Gasteiger partial charge is 0.310 e.